The summed E-state index contributed by atoms with van der Waals surface area (Å²) in [6.45, 7) is 3.91. The lowest BCUT2D eigenvalue weighted by Crippen LogP contribution is -2.46. The molecule has 8 nitrogen and oxygen atoms in total. The normalized spacial score (nSPS) is 20.6. The number of nitrogens with zero attached hydrogens (tertiary/aromatic N) is 5. The molecule has 0 spiro atoms. The molecule has 2 aromatic rings. The van der Waals surface area contributed by atoms with Gasteiger partial charge in [-0.3, -0.25) is 5.41 Å². The number of H-pyrrole nitrogens is 1. The van der Waals surface area contributed by atoms with Gasteiger partial charge in [0.05, 0.1) is 17.6 Å². The number of allylic oxidation sites excluding steroid dienone is 1. The van der Waals surface area contributed by atoms with Crippen molar-refractivity contribution in [3.63, 3.8) is 0 Å². The Labute approximate surface area is 145 Å². The molecule has 2 unspecified atom stereocenters. The van der Waals surface area contributed by atoms with Crippen LogP contribution in [0.1, 0.15) is 19.2 Å². The van der Waals surface area contributed by atoms with Gasteiger partial charge in [0.25, 0.3) is 0 Å². The van der Waals surface area contributed by atoms with E-state index in [1.807, 2.05) is 6.07 Å². The third-order valence-corrected chi connectivity index (χ3v) is 4.07. The van der Waals surface area contributed by atoms with E-state index >= 15 is 0 Å². The van der Waals surface area contributed by atoms with E-state index in [2.05, 4.69) is 31.8 Å². The Morgan fingerprint density at radius 3 is 3.04 bits per heavy atom. The first kappa shape index (κ1) is 16.8. The minimum atomic E-state index is -0.127. The molecule has 3 heterocycles. The molecule has 2 aromatic heterocycles. The molecule has 1 aliphatic rings. The Morgan fingerprint density at radius 1 is 1.44 bits per heavy atom. The number of nitriles is 1. The van der Waals surface area contributed by atoms with Crippen LogP contribution in [0.4, 0.5) is 5.82 Å². The van der Waals surface area contributed by atoms with Gasteiger partial charge in [-0.25, -0.2) is 15.0 Å². The summed E-state index contributed by atoms with van der Waals surface area (Å²) in [5, 5.41) is 15.9. The molecule has 8 heteroatoms. The number of piperidine rings is 1. The summed E-state index contributed by atoms with van der Waals surface area (Å²) in [6.07, 6.45) is 7.22. The minimum Gasteiger partial charge on any atom is -0.355 e. The predicted octanol–water partition coefficient (Wildman–Crippen LogP) is 1.60. The van der Waals surface area contributed by atoms with E-state index in [4.69, 9.17) is 16.4 Å². The fourth-order valence-electron chi connectivity index (χ4n) is 3.01. The van der Waals surface area contributed by atoms with Crippen LogP contribution in [-0.2, 0) is 0 Å². The van der Waals surface area contributed by atoms with Crippen molar-refractivity contribution in [1.82, 2.24) is 19.9 Å². The van der Waals surface area contributed by atoms with Crippen LogP contribution in [-0.4, -0.2) is 44.8 Å². The summed E-state index contributed by atoms with van der Waals surface area (Å²) in [5.74, 6) is 1.94. The Bertz CT molecular complexity index is 821. The van der Waals surface area contributed by atoms with Crippen molar-refractivity contribution in [1.29, 1.82) is 10.7 Å². The fraction of sp³-hybridized carbons (Fsp3) is 0.353. The molecule has 0 bridgehead atoms. The SMILES string of the molecule is CC1CC(N)CN(c2cc(-c3cnc(/C=C\C(=N)C#N)[nH]3)ncn2)C1. The second-order valence-electron chi connectivity index (χ2n) is 6.31. The average molecular weight is 336 g/mol. The molecule has 4 N–H and O–H groups in total. The smallest absolute Gasteiger partial charge is 0.132 e. The highest BCUT2D eigenvalue weighted by molar-refractivity contribution is 6.06. The van der Waals surface area contributed by atoms with Gasteiger partial charge in [0, 0.05) is 25.2 Å². The molecule has 1 saturated heterocycles. The highest BCUT2D eigenvalue weighted by atomic mass is 15.2. The van der Waals surface area contributed by atoms with Gasteiger partial charge in [-0.15, -0.1) is 0 Å². The average Bonchev–Trinajstić information content (AvgIpc) is 3.08. The van der Waals surface area contributed by atoms with Crippen molar-refractivity contribution in [2.24, 2.45) is 11.7 Å². The van der Waals surface area contributed by atoms with Crippen LogP contribution in [0.3, 0.4) is 0 Å². The maximum absolute atomic E-state index is 8.60. The van der Waals surface area contributed by atoms with Gasteiger partial charge in [0.1, 0.15) is 29.8 Å². The van der Waals surface area contributed by atoms with Gasteiger partial charge in [0.15, 0.2) is 0 Å². The van der Waals surface area contributed by atoms with Crippen LogP contribution in [0.25, 0.3) is 17.5 Å². The van der Waals surface area contributed by atoms with Crippen molar-refractivity contribution in [2.75, 3.05) is 18.0 Å². The number of anilines is 1. The van der Waals surface area contributed by atoms with Crippen molar-refractivity contribution in [2.45, 2.75) is 19.4 Å². The molecule has 0 aromatic carbocycles. The van der Waals surface area contributed by atoms with Gasteiger partial charge in [-0.05, 0) is 24.5 Å². The molecule has 3 rings (SSSR count). The van der Waals surface area contributed by atoms with Crippen molar-refractivity contribution in [3.8, 4) is 17.5 Å². The molecule has 0 aliphatic carbocycles. The van der Waals surface area contributed by atoms with E-state index in [0.717, 1.165) is 36.7 Å². The first-order chi connectivity index (χ1) is 12.0. The fourth-order valence-corrected chi connectivity index (χ4v) is 3.01. The van der Waals surface area contributed by atoms with Crippen molar-refractivity contribution in [3.05, 3.63) is 30.5 Å². The van der Waals surface area contributed by atoms with E-state index in [0.29, 0.717) is 11.7 Å². The summed E-state index contributed by atoms with van der Waals surface area (Å²) in [5.41, 5.74) is 7.49. The van der Waals surface area contributed by atoms with E-state index in [1.54, 1.807) is 18.3 Å². The summed E-state index contributed by atoms with van der Waals surface area (Å²) < 4.78 is 0. The third kappa shape index (κ3) is 4.08. The Kier molecular flexibility index (Phi) is 4.86. The van der Waals surface area contributed by atoms with Crippen LogP contribution in [0.5, 0.6) is 0 Å². The highest BCUT2D eigenvalue weighted by Gasteiger charge is 2.23. The molecule has 128 valence electrons. The monoisotopic (exact) mass is 336 g/mol. The number of aromatic nitrogens is 4. The lowest BCUT2D eigenvalue weighted by Gasteiger charge is -2.35. The number of nitrogens with one attached hydrogen (secondary N) is 2. The predicted molar refractivity (Wildman–Crippen MR) is 96.0 cm³/mol. The molecule has 2 atom stereocenters. The first-order valence-electron chi connectivity index (χ1n) is 8.10. The number of rotatable bonds is 4. The second kappa shape index (κ2) is 7.23. The lowest BCUT2D eigenvalue weighted by atomic mass is 9.96. The molecular formula is C17H20N8. The van der Waals surface area contributed by atoms with Gasteiger partial charge < -0.3 is 15.6 Å². The van der Waals surface area contributed by atoms with E-state index in [-0.39, 0.29) is 11.8 Å². The second-order valence-corrected chi connectivity index (χ2v) is 6.31. The molecule has 25 heavy (non-hydrogen) atoms. The summed E-state index contributed by atoms with van der Waals surface area (Å²) in [4.78, 5) is 18.2. The Hall–Kier alpha value is -3.05. The summed E-state index contributed by atoms with van der Waals surface area (Å²) in [7, 11) is 0. The Morgan fingerprint density at radius 2 is 2.28 bits per heavy atom. The zero-order valence-electron chi connectivity index (χ0n) is 14.0. The number of hydrogen-bond donors (Lipinski definition) is 3. The quantitative estimate of drug-likeness (QED) is 0.727. The molecule has 0 radical (unpaired) electrons. The molecule has 1 aliphatic heterocycles. The van der Waals surface area contributed by atoms with Gasteiger partial charge >= 0.3 is 0 Å². The van der Waals surface area contributed by atoms with Gasteiger partial charge in [-0.1, -0.05) is 6.92 Å². The van der Waals surface area contributed by atoms with Crippen LogP contribution < -0.4 is 10.6 Å². The molecule has 0 saturated carbocycles. The maximum atomic E-state index is 8.60. The summed E-state index contributed by atoms with van der Waals surface area (Å²) >= 11 is 0. The van der Waals surface area contributed by atoms with Crippen molar-refractivity contribution < 1.29 is 0 Å². The lowest BCUT2D eigenvalue weighted by molar-refractivity contribution is 0.400. The van der Waals surface area contributed by atoms with Crippen LogP contribution in [0, 0.1) is 22.7 Å². The van der Waals surface area contributed by atoms with E-state index in [1.165, 1.54) is 12.4 Å². The largest absolute Gasteiger partial charge is 0.355 e. The molecule has 1 fully saturated rings. The van der Waals surface area contributed by atoms with Crippen LogP contribution in [0.15, 0.2) is 24.7 Å². The van der Waals surface area contributed by atoms with E-state index < -0.39 is 0 Å². The van der Waals surface area contributed by atoms with Crippen molar-refractivity contribution >= 4 is 17.6 Å². The van der Waals surface area contributed by atoms with Crippen LogP contribution in [0.2, 0.25) is 0 Å². The zero-order valence-corrected chi connectivity index (χ0v) is 14.0. The zero-order chi connectivity index (χ0) is 17.8. The van der Waals surface area contributed by atoms with Gasteiger partial charge in [0.2, 0.25) is 0 Å². The number of nitrogens with two attached hydrogens (primary N) is 1. The maximum Gasteiger partial charge on any atom is 0.132 e. The minimum absolute atomic E-state index is 0.127. The van der Waals surface area contributed by atoms with Gasteiger partial charge in [-0.2, -0.15) is 5.26 Å². The van der Waals surface area contributed by atoms with E-state index in [9.17, 15) is 0 Å². The standard InChI is InChI=1S/C17H20N8/c1-11-4-13(20)9-25(8-11)17-5-14(22-10-23-17)15-7-21-16(24-15)3-2-12(19)6-18/h2-3,5,7,10-11,13,19H,4,8-9,20H2,1H3,(H,21,24)/b3-2-,19-12?. The number of imidazole rings is 1. The third-order valence-electron chi connectivity index (χ3n) is 4.07. The topological polar surface area (TPSA) is 131 Å². The highest BCUT2D eigenvalue weighted by Crippen LogP contribution is 2.24. The Balaban J connectivity index is 1.80. The molecule has 0 amide bonds. The summed E-state index contributed by atoms with van der Waals surface area (Å²) in [6, 6.07) is 3.82. The molecular weight excluding hydrogens is 316 g/mol. The number of aromatic amines is 1. The van der Waals surface area contributed by atoms with Crippen LogP contribution >= 0.6 is 0 Å². The first-order valence-corrected chi connectivity index (χ1v) is 8.10. The number of hydrogen-bond acceptors (Lipinski definition) is 7.